The second kappa shape index (κ2) is 9.42. The molecular formula is C22H27NO3S. The molecule has 1 aromatic carbocycles. The molecular weight excluding hydrogens is 358 g/mol. The first-order valence-corrected chi connectivity index (χ1v) is 10.2. The Labute approximate surface area is 165 Å². The summed E-state index contributed by atoms with van der Waals surface area (Å²) in [5.41, 5.74) is 5.37. The van der Waals surface area contributed by atoms with Crippen LogP contribution >= 0.6 is 11.3 Å². The Morgan fingerprint density at radius 3 is 2.81 bits per heavy atom. The molecule has 0 spiro atoms. The van der Waals surface area contributed by atoms with E-state index in [1.54, 1.807) is 11.3 Å². The highest BCUT2D eigenvalue weighted by atomic mass is 32.1. The van der Waals surface area contributed by atoms with E-state index < -0.39 is 6.10 Å². The molecule has 1 aromatic heterocycles. The molecule has 3 rings (SSSR count). The number of hydrogen-bond donors (Lipinski definition) is 1. The number of aliphatic hydroxyl groups is 1. The fourth-order valence-corrected chi connectivity index (χ4v) is 3.64. The van der Waals surface area contributed by atoms with Crippen LogP contribution in [0.1, 0.15) is 48.4 Å². The third-order valence-electron chi connectivity index (χ3n) is 4.56. The average Bonchev–Trinajstić information content (AvgIpc) is 3.32. The first kappa shape index (κ1) is 20.0. The minimum absolute atomic E-state index is 0.238. The summed E-state index contributed by atoms with van der Waals surface area (Å²) in [4.78, 5) is 4.42. The summed E-state index contributed by atoms with van der Waals surface area (Å²) in [6.07, 6.45) is 4.80. The summed E-state index contributed by atoms with van der Waals surface area (Å²) in [5.74, 6) is 0. The summed E-state index contributed by atoms with van der Waals surface area (Å²) >= 11 is 1.62. The third-order valence-corrected chi connectivity index (χ3v) is 5.35. The lowest BCUT2D eigenvalue weighted by molar-refractivity contribution is -0.0441. The van der Waals surface area contributed by atoms with Crippen molar-refractivity contribution in [2.24, 2.45) is 0 Å². The number of thiazole rings is 1. The first-order chi connectivity index (χ1) is 13.0. The van der Waals surface area contributed by atoms with Crippen LogP contribution in [0.4, 0.5) is 0 Å². The van der Waals surface area contributed by atoms with E-state index in [-0.39, 0.29) is 6.29 Å². The van der Waals surface area contributed by atoms with Gasteiger partial charge in [-0.2, -0.15) is 0 Å². The van der Waals surface area contributed by atoms with Crippen LogP contribution in [-0.2, 0) is 15.9 Å². The van der Waals surface area contributed by atoms with Crippen LogP contribution in [0.5, 0.6) is 0 Å². The number of nitrogens with zero attached hydrogens (tertiary/aromatic N) is 1. The van der Waals surface area contributed by atoms with Crippen LogP contribution in [0.25, 0.3) is 6.08 Å². The van der Waals surface area contributed by atoms with E-state index in [1.807, 2.05) is 37.4 Å². The first-order valence-electron chi connectivity index (χ1n) is 9.27. The predicted octanol–water partition coefficient (Wildman–Crippen LogP) is 4.84. The van der Waals surface area contributed by atoms with Crippen LogP contribution < -0.4 is 0 Å². The number of hydrogen-bond acceptors (Lipinski definition) is 5. The average molecular weight is 386 g/mol. The third kappa shape index (κ3) is 5.84. The quantitative estimate of drug-likeness (QED) is 0.693. The van der Waals surface area contributed by atoms with E-state index in [2.05, 4.69) is 30.1 Å². The van der Waals surface area contributed by atoms with Gasteiger partial charge in [-0.15, -0.1) is 11.3 Å². The van der Waals surface area contributed by atoms with E-state index in [9.17, 15) is 5.11 Å². The molecule has 4 nitrogen and oxygen atoms in total. The lowest BCUT2D eigenvalue weighted by Crippen LogP contribution is -2.07. The van der Waals surface area contributed by atoms with E-state index in [1.165, 1.54) is 11.1 Å². The van der Waals surface area contributed by atoms with Crippen molar-refractivity contribution < 1.29 is 14.6 Å². The highest BCUT2D eigenvalue weighted by molar-refractivity contribution is 7.09. The molecule has 5 heteroatoms. The molecule has 1 N–H and O–H groups in total. The van der Waals surface area contributed by atoms with Gasteiger partial charge in [-0.1, -0.05) is 35.9 Å². The van der Waals surface area contributed by atoms with Gasteiger partial charge in [-0.05, 0) is 50.8 Å². The number of aryl methyl sites for hydroxylation is 1. The van der Waals surface area contributed by atoms with Crippen molar-refractivity contribution in [2.75, 3.05) is 13.2 Å². The van der Waals surface area contributed by atoms with E-state index >= 15 is 0 Å². The van der Waals surface area contributed by atoms with Crippen molar-refractivity contribution in [3.05, 3.63) is 68.7 Å². The fourth-order valence-electron chi connectivity index (χ4n) is 3.07. The summed E-state index contributed by atoms with van der Waals surface area (Å²) in [7, 11) is 0. The maximum atomic E-state index is 10.4. The van der Waals surface area contributed by atoms with Gasteiger partial charge in [0.15, 0.2) is 6.29 Å². The minimum Gasteiger partial charge on any atom is -0.388 e. The maximum absolute atomic E-state index is 10.4. The maximum Gasteiger partial charge on any atom is 0.184 e. The molecule has 1 fully saturated rings. The molecule has 27 heavy (non-hydrogen) atoms. The number of rotatable bonds is 7. The topological polar surface area (TPSA) is 51.6 Å². The van der Waals surface area contributed by atoms with Gasteiger partial charge in [0.25, 0.3) is 0 Å². The van der Waals surface area contributed by atoms with E-state index in [0.717, 1.165) is 28.3 Å². The monoisotopic (exact) mass is 385 g/mol. The van der Waals surface area contributed by atoms with Crippen LogP contribution in [-0.4, -0.2) is 29.4 Å². The van der Waals surface area contributed by atoms with Gasteiger partial charge >= 0.3 is 0 Å². The van der Waals surface area contributed by atoms with Gasteiger partial charge in [-0.3, -0.25) is 0 Å². The molecule has 0 radical (unpaired) electrons. The molecule has 1 aliphatic heterocycles. The molecule has 0 bridgehead atoms. The molecule has 2 aromatic rings. The summed E-state index contributed by atoms with van der Waals surface area (Å²) in [5, 5.41) is 13.5. The summed E-state index contributed by atoms with van der Waals surface area (Å²) in [6, 6.07) is 8.33. The van der Waals surface area contributed by atoms with Gasteiger partial charge < -0.3 is 14.6 Å². The largest absolute Gasteiger partial charge is 0.388 e. The molecule has 2 heterocycles. The molecule has 1 aliphatic rings. The van der Waals surface area contributed by atoms with Crippen LogP contribution in [0.3, 0.4) is 0 Å². The van der Waals surface area contributed by atoms with Crippen molar-refractivity contribution in [1.82, 2.24) is 4.98 Å². The van der Waals surface area contributed by atoms with Crippen LogP contribution in [0, 0.1) is 6.92 Å². The standard InChI is InChI=1S/C22H27NO3S/c1-15(7-8-21(24)16(2)12-20-14-27-17(3)23-20)11-18-5-4-6-19(13-18)22-25-9-10-26-22/h4-7,12-14,21-22,24H,8-11H2,1-3H3. The van der Waals surface area contributed by atoms with Crippen LogP contribution in [0.15, 0.2) is 46.9 Å². The molecule has 0 aliphatic carbocycles. The zero-order valence-electron chi connectivity index (χ0n) is 16.1. The zero-order chi connectivity index (χ0) is 19.2. The number of benzene rings is 1. The molecule has 0 saturated carbocycles. The number of aliphatic hydroxyl groups excluding tert-OH is 1. The van der Waals surface area contributed by atoms with Crippen molar-refractivity contribution in [3.63, 3.8) is 0 Å². The SMILES string of the molecule is CC(=CCC(O)C(C)=Cc1csc(C)n1)Cc1cccc(C2OCCO2)c1. The minimum atomic E-state index is -0.492. The highest BCUT2D eigenvalue weighted by Crippen LogP contribution is 2.24. The van der Waals surface area contributed by atoms with Crippen molar-refractivity contribution >= 4 is 17.4 Å². The van der Waals surface area contributed by atoms with Crippen molar-refractivity contribution in [2.45, 2.75) is 46.0 Å². The highest BCUT2D eigenvalue weighted by Gasteiger charge is 2.18. The molecule has 144 valence electrons. The number of aromatic nitrogens is 1. The smallest absolute Gasteiger partial charge is 0.184 e. The van der Waals surface area contributed by atoms with Gasteiger partial charge in [0.2, 0.25) is 0 Å². The Morgan fingerprint density at radius 2 is 2.11 bits per heavy atom. The second-order valence-electron chi connectivity index (χ2n) is 6.98. The lowest BCUT2D eigenvalue weighted by atomic mass is 10.0. The Bertz CT molecular complexity index is 818. The van der Waals surface area contributed by atoms with Gasteiger partial charge in [-0.25, -0.2) is 4.98 Å². The van der Waals surface area contributed by atoms with Crippen molar-refractivity contribution in [3.8, 4) is 0 Å². The van der Waals surface area contributed by atoms with Gasteiger partial charge in [0.1, 0.15) is 0 Å². The number of allylic oxidation sites excluding steroid dienone is 1. The Balaban J connectivity index is 1.57. The van der Waals surface area contributed by atoms with Crippen LogP contribution in [0.2, 0.25) is 0 Å². The Hall–Kier alpha value is -1.79. The van der Waals surface area contributed by atoms with Gasteiger partial charge in [0.05, 0.1) is 30.0 Å². The predicted molar refractivity (Wildman–Crippen MR) is 110 cm³/mol. The number of ether oxygens (including phenoxy) is 2. The van der Waals surface area contributed by atoms with Crippen molar-refractivity contribution in [1.29, 1.82) is 0 Å². The zero-order valence-corrected chi connectivity index (χ0v) is 17.0. The lowest BCUT2D eigenvalue weighted by Gasteiger charge is -2.12. The molecule has 1 unspecified atom stereocenters. The molecule has 0 amide bonds. The molecule has 1 atom stereocenters. The fraction of sp³-hybridized carbons (Fsp3) is 0.409. The Kier molecular flexibility index (Phi) is 6.96. The summed E-state index contributed by atoms with van der Waals surface area (Å²) in [6.45, 7) is 7.34. The van der Waals surface area contributed by atoms with E-state index in [0.29, 0.717) is 19.6 Å². The second-order valence-corrected chi connectivity index (χ2v) is 8.04. The summed E-state index contributed by atoms with van der Waals surface area (Å²) < 4.78 is 11.1. The Morgan fingerprint density at radius 1 is 1.33 bits per heavy atom. The normalized spacial score (nSPS) is 17.5. The molecule has 1 saturated heterocycles. The van der Waals surface area contributed by atoms with Gasteiger partial charge in [0, 0.05) is 10.9 Å². The van der Waals surface area contributed by atoms with E-state index in [4.69, 9.17) is 9.47 Å².